The van der Waals surface area contributed by atoms with Crippen LogP contribution in [0.4, 0.5) is 18.9 Å². The maximum Gasteiger partial charge on any atom is 0.471 e. The molecule has 0 radical (unpaired) electrons. The normalized spacial score (nSPS) is 17.2. The Bertz CT molecular complexity index is 638. The van der Waals surface area contributed by atoms with Gasteiger partial charge < -0.3 is 10.6 Å². The molecule has 1 aliphatic heterocycles. The van der Waals surface area contributed by atoms with Crippen molar-refractivity contribution in [3.63, 3.8) is 0 Å². The molecule has 2 N–H and O–H groups in total. The van der Waals surface area contributed by atoms with Crippen molar-refractivity contribution in [1.82, 2.24) is 9.62 Å². The largest absolute Gasteiger partial charge is 0.471 e. The van der Waals surface area contributed by atoms with Crippen molar-refractivity contribution in [3.05, 3.63) is 24.3 Å². The Hall–Kier alpha value is -1.65. The van der Waals surface area contributed by atoms with Crippen LogP contribution in [0.3, 0.4) is 0 Å². The lowest BCUT2D eigenvalue weighted by molar-refractivity contribution is -0.167. The number of alkyl halides is 3. The van der Waals surface area contributed by atoms with E-state index >= 15 is 0 Å². The third-order valence-corrected chi connectivity index (χ3v) is 5.00. The Labute approximate surface area is 125 Å². The number of piperazine rings is 1. The van der Waals surface area contributed by atoms with E-state index in [2.05, 4.69) is 5.32 Å². The zero-order chi connectivity index (χ0) is 16.4. The molecule has 6 nitrogen and oxygen atoms in total. The zero-order valence-corrected chi connectivity index (χ0v) is 12.2. The molecular weight excluding hydrogens is 323 g/mol. The van der Waals surface area contributed by atoms with Gasteiger partial charge in [0.1, 0.15) is 0 Å². The van der Waals surface area contributed by atoms with Crippen LogP contribution in [-0.4, -0.2) is 51.0 Å². The number of sulfonamides is 1. The lowest BCUT2D eigenvalue weighted by Crippen LogP contribution is -2.46. The van der Waals surface area contributed by atoms with Gasteiger partial charge in [0, 0.05) is 31.9 Å². The average molecular weight is 337 g/mol. The van der Waals surface area contributed by atoms with Gasteiger partial charge in [0.05, 0.1) is 4.90 Å². The molecule has 0 saturated carbocycles. The summed E-state index contributed by atoms with van der Waals surface area (Å²) >= 11 is 0. The monoisotopic (exact) mass is 337 g/mol. The van der Waals surface area contributed by atoms with Crippen LogP contribution in [0.25, 0.3) is 0 Å². The van der Waals surface area contributed by atoms with Gasteiger partial charge in [-0.25, -0.2) is 8.42 Å². The molecular formula is C12H14F3N3O3S. The lowest BCUT2D eigenvalue weighted by Gasteiger charge is -2.26. The van der Waals surface area contributed by atoms with Crippen LogP contribution in [0.2, 0.25) is 0 Å². The molecule has 1 heterocycles. The second-order valence-corrected chi connectivity index (χ2v) is 6.57. The molecule has 1 aromatic rings. The van der Waals surface area contributed by atoms with Gasteiger partial charge in [-0.05, 0) is 24.3 Å². The van der Waals surface area contributed by atoms with Crippen LogP contribution in [0, 0.1) is 0 Å². The molecule has 1 saturated heterocycles. The molecule has 0 unspecified atom stereocenters. The molecule has 1 aliphatic rings. The van der Waals surface area contributed by atoms with Crippen molar-refractivity contribution in [1.29, 1.82) is 0 Å². The molecule has 1 fully saturated rings. The van der Waals surface area contributed by atoms with E-state index in [4.69, 9.17) is 0 Å². The van der Waals surface area contributed by atoms with Gasteiger partial charge >= 0.3 is 12.1 Å². The molecule has 10 heteroatoms. The van der Waals surface area contributed by atoms with Crippen molar-refractivity contribution in [2.45, 2.75) is 11.1 Å². The maximum absolute atomic E-state index is 12.3. The van der Waals surface area contributed by atoms with E-state index in [1.165, 1.54) is 16.4 Å². The topological polar surface area (TPSA) is 78.5 Å². The second kappa shape index (κ2) is 6.23. The first-order chi connectivity index (χ1) is 10.2. The molecule has 0 spiro atoms. The number of benzene rings is 1. The third-order valence-electron chi connectivity index (χ3n) is 3.08. The first-order valence-corrected chi connectivity index (χ1v) is 7.84. The summed E-state index contributed by atoms with van der Waals surface area (Å²) in [6.07, 6.45) is -4.99. The Morgan fingerprint density at radius 2 is 1.68 bits per heavy atom. The highest BCUT2D eigenvalue weighted by Crippen LogP contribution is 2.21. The van der Waals surface area contributed by atoms with E-state index in [1.54, 1.807) is 5.32 Å². The number of anilines is 1. The number of amides is 1. The number of nitrogens with one attached hydrogen (secondary N) is 2. The van der Waals surface area contributed by atoms with Crippen molar-refractivity contribution >= 4 is 21.6 Å². The van der Waals surface area contributed by atoms with E-state index in [9.17, 15) is 26.4 Å². The summed E-state index contributed by atoms with van der Waals surface area (Å²) < 4.78 is 62.3. The molecule has 0 atom stereocenters. The average Bonchev–Trinajstić information content (AvgIpc) is 2.48. The summed E-state index contributed by atoms with van der Waals surface area (Å²) in [6, 6.07) is 4.59. The van der Waals surface area contributed by atoms with Gasteiger partial charge in [-0.1, -0.05) is 0 Å². The van der Waals surface area contributed by atoms with Crippen molar-refractivity contribution in [2.75, 3.05) is 31.5 Å². The lowest BCUT2D eigenvalue weighted by atomic mass is 10.3. The molecule has 0 aliphatic carbocycles. The first kappa shape index (κ1) is 16.7. The molecule has 1 aromatic carbocycles. The number of carbonyl (C=O) groups excluding carboxylic acids is 1. The number of halogens is 3. The van der Waals surface area contributed by atoms with Crippen molar-refractivity contribution in [2.24, 2.45) is 0 Å². The van der Waals surface area contributed by atoms with Gasteiger partial charge in [-0.2, -0.15) is 17.5 Å². The fraction of sp³-hybridized carbons (Fsp3) is 0.417. The number of rotatable bonds is 3. The van der Waals surface area contributed by atoms with Gasteiger partial charge in [0.25, 0.3) is 0 Å². The standard InChI is InChI=1S/C12H14F3N3O3S/c13-12(14,15)11(19)17-9-1-3-10(4-2-9)22(20,21)18-7-5-16-6-8-18/h1-4,16H,5-8H2,(H,17,19). The molecule has 1 amide bonds. The van der Waals surface area contributed by atoms with E-state index in [0.717, 1.165) is 12.1 Å². The van der Waals surface area contributed by atoms with Crippen LogP contribution < -0.4 is 10.6 Å². The Morgan fingerprint density at radius 3 is 2.18 bits per heavy atom. The van der Waals surface area contributed by atoms with Gasteiger partial charge in [0.2, 0.25) is 10.0 Å². The highest BCUT2D eigenvalue weighted by Gasteiger charge is 2.38. The van der Waals surface area contributed by atoms with Crippen molar-refractivity contribution < 1.29 is 26.4 Å². The van der Waals surface area contributed by atoms with Crippen LogP contribution in [-0.2, 0) is 14.8 Å². The SMILES string of the molecule is O=C(Nc1ccc(S(=O)(=O)N2CCNCC2)cc1)C(F)(F)F. The minimum Gasteiger partial charge on any atom is -0.318 e. The Morgan fingerprint density at radius 1 is 1.14 bits per heavy atom. The second-order valence-electron chi connectivity index (χ2n) is 4.63. The predicted molar refractivity (Wildman–Crippen MR) is 72.8 cm³/mol. The van der Waals surface area contributed by atoms with E-state index in [-0.39, 0.29) is 10.6 Å². The van der Waals surface area contributed by atoms with E-state index in [1.807, 2.05) is 0 Å². The minimum absolute atomic E-state index is 0.0283. The molecule has 122 valence electrons. The number of hydrogen-bond acceptors (Lipinski definition) is 4. The van der Waals surface area contributed by atoms with Gasteiger partial charge in [-0.3, -0.25) is 4.79 Å². The molecule has 2 rings (SSSR count). The van der Waals surface area contributed by atoms with Gasteiger partial charge in [0.15, 0.2) is 0 Å². The summed E-state index contributed by atoms with van der Waals surface area (Å²) in [5, 5.41) is 4.68. The summed E-state index contributed by atoms with van der Waals surface area (Å²) in [7, 11) is -3.68. The maximum atomic E-state index is 12.3. The van der Waals surface area contributed by atoms with Crippen LogP contribution >= 0.6 is 0 Å². The molecule has 0 bridgehead atoms. The van der Waals surface area contributed by atoms with Gasteiger partial charge in [-0.15, -0.1) is 0 Å². The quantitative estimate of drug-likeness (QED) is 0.854. The van der Waals surface area contributed by atoms with E-state index in [0.29, 0.717) is 26.2 Å². The Kier molecular flexibility index (Phi) is 4.73. The minimum atomic E-state index is -4.99. The summed E-state index contributed by atoms with van der Waals surface area (Å²) in [5.74, 6) is -2.11. The van der Waals surface area contributed by atoms with Crippen LogP contribution in [0.1, 0.15) is 0 Å². The van der Waals surface area contributed by atoms with E-state index < -0.39 is 22.1 Å². The van der Waals surface area contributed by atoms with Crippen LogP contribution in [0.15, 0.2) is 29.2 Å². The number of hydrogen-bond donors (Lipinski definition) is 2. The summed E-state index contributed by atoms with van der Waals surface area (Å²) in [4.78, 5) is 10.8. The molecule has 0 aromatic heterocycles. The fourth-order valence-corrected chi connectivity index (χ4v) is 3.39. The smallest absolute Gasteiger partial charge is 0.318 e. The third kappa shape index (κ3) is 3.76. The van der Waals surface area contributed by atoms with Crippen LogP contribution in [0.5, 0.6) is 0 Å². The Balaban J connectivity index is 2.13. The fourth-order valence-electron chi connectivity index (χ4n) is 1.95. The highest BCUT2D eigenvalue weighted by atomic mass is 32.2. The number of nitrogens with zero attached hydrogens (tertiary/aromatic N) is 1. The predicted octanol–water partition coefficient (Wildman–Crippen LogP) is 0.781. The molecule has 22 heavy (non-hydrogen) atoms. The zero-order valence-electron chi connectivity index (χ0n) is 11.4. The summed E-state index contributed by atoms with van der Waals surface area (Å²) in [5.41, 5.74) is -0.124. The van der Waals surface area contributed by atoms with Crippen molar-refractivity contribution in [3.8, 4) is 0 Å². The highest BCUT2D eigenvalue weighted by molar-refractivity contribution is 7.89. The first-order valence-electron chi connectivity index (χ1n) is 6.40. The summed E-state index contributed by atoms with van der Waals surface area (Å²) in [6.45, 7) is 1.74. The number of carbonyl (C=O) groups is 1.